The fourth-order valence-electron chi connectivity index (χ4n) is 1.07. The van der Waals surface area contributed by atoms with Gasteiger partial charge >= 0.3 is 0 Å². The summed E-state index contributed by atoms with van der Waals surface area (Å²) < 4.78 is 5.05. The molecule has 0 bridgehead atoms. The minimum absolute atomic E-state index is 0.0295. The van der Waals surface area contributed by atoms with Gasteiger partial charge in [-0.3, -0.25) is 0 Å². The summed E-state index contributed by atoms with van der Waals surface area (Å²) in [6.07, 6.45) is 1.59. The normalized spacial score (nSPS) is 34.3. The monoisotopic (exact) mass is 130 g/mol. The van der Waals surface area contributed by atoms with Crippen molar-refractivity contribution in [3.05, 3.63) is 0 Å². The second kappa shape index (κ2) is 2.27. The van der Waals surface area contributed by atoms with Crippen LogP contribution in [-0.2, 0) is 4.74 Å². The second-order valence-corrected chi connectivity index (χ2v) is 3.32. The molecule has 0 saturated carbocycles. The van der Waals surface area contributed by atoms with Gasteiger partial charge in [-0.1, -0.05) is 13.8 Å². The van der Waals surface area contributed by atoms with E-state index in [1.54, 1.807) is 0 Å². The average Bonchev–Trinajstić information content (AvgIpc) is 1.77. The number of rotatable bonds is 0. The Morgan fingerprint density at radius 2 is 2.22 bits per heavy atom. The van der Waals surface area contributed by atoms with Crippen molar-refractivity contribution in [1.82, 2.24) is 0 Å². The first kappa shape index (κ1) is 7.03. The van der Waals surface area contributed by atoms with Crippen LogP contribution in [0.4, 0.5) is 0 Å². The Morgan fingerprint density at radius 3 is 2.56 bits per heavy atom. The van der Waals surface area contributed by atoms with Crippen molar-refractivity contribution >= 4 is 0 Å². The van der Waals surface area contributed by atoms with Crippen molar-refractivity contribution in [3.63, 3.8) is 0 Å². The van der Waals surface area contributed by atoms with Gasteiger partial charge in [0.05, 0.1) is 0 Å². The van der Waals surface area contributed by atoms with Gasteiger partial charge in [0, 0.05) is 12.0 Å². The van der Waals surface area contributed by atoms with E-state index < -0.39 is 6.29 Å². The number of hydrogen-bond acceptors (Lipinski definition) is 2. The highest BCUT2D eigenvalue weighted by atomic mass is 16.6. The van der Waals surface area contributed by atoms with Crippen molar-refractivity contribution in [1.29, 1.82) is 0 Å². The van der Waals surface area contributed by atoms with Gasteiger partial charge in [-0.2, -0.15) is 0 Å². The zero-order chi connectivity index (χ0) is 6.91. The smallest absolute Gasteiger partial charge is 0.159 e. The van der Waals surface area contributed by atoms with Gasteiger partial charge < -0.3 is 9.84 Å². The molecular formula is C7H14O2. The summed E-state index contributed by atoms with van der Waals surface area (Å²) in [5, 5.41) is 9.21. The molecule has 0 radical (unpaired) electrons. The first-order valence-electron chi connectivity index (χ1n) is 3.42. The van der Waals surface area contributed by atoms with E-state index in [1.165, 1.54) is 0 Å². The maximum atomic E-state index is 9.21. The molecule has 2 heteroatoms. The second-order valence-electron chi connectivity index (χ2n) is 3.32. The predicted octanol–water partition coefficient (Wildman–Crippen LogP) is 1.14. The molecule has 0 aromatic rings. The Bertz CT molecular complexity index is 99.1. The lowest BCUT2D eigenvalue weighted by Gasteiger charge is -2.34. The summed E-state index contributed by atoms with van der Waals surface area (Å²) in [5.41, 5.74) is -0.0295. The van der Waals surface area contributed by atoms with Crippen LogP contribution < -0.4 is 0 Å². The third-order valence-electron chi connectivity index (χ3n) is 1.91. The molecule has 1 saturated heterocycles. The molecular weight excluding hydrogens is 116 g/mol. The maximum absolute atomic E-state index is 9.21. The lowest BCUT2D eigenvalue weighted by molar-refractivity contribution is -0.191. The van der Waals surface area contributed by atoms with Crippen LogP contribution in [0.5, 0.6) is 0 Å². The van der Waals surface area contributed by atoms with Crippen LogP contribution >= 0.6 is 0 Å². The predicted molar refractivity (Wildman–Crippen MR) is 35.0 cm³/mol. The molecule has 54 valence electrons. The van der Waals surface area contributed by atoms with E-state index in [0.717, 1.165) is 12.8 Å². The number of hydrogen-bond donors (Lipinski definition) is 1. The van der Waals surface area contributed by atoms with E-state index >= 15 is 0 Å². The molecule has 0 spiro atoms. The molecule has 0 aromatic carbocycles. The average molecular weight is 130 g/mol. The first-order chi connectivity index (χ1) is 4.13. The fraction of sp³-hybridized carbons (Fsp3) is 1.00. The Balaban J connectivity index is 2.49. The molecule has 0 amide bonds. The summed E-state index contributed by atoms with van der Waals surface area (Å²) in [4.78, 5) is 0. The van der Waals surface area contributed by atoms with Gasteiger partial charge in [0.1, 0.15) is 0 Å². The van der Waals surface area contributed by atoms with Gasteiger partial charge in [-0.05, 0) is 12.8 Å². The maximum Gasteiger partial charge on any atom is 0.159 e. The van der Waals surface area contributed by atoms with E-state index in [0.29, 0.717) is 6.61 Å². The topological polar surface area (TPSA) is 29.5 Å². The largest absolute Gasteiger partial charge is 0.368 e. The molecule has 1 unspecified atom stereocenters. The Hall–Kier alpha value is -0.0800. The van der Waals surface area contributed by atoms with Crippen LogP contribution in [-0.4, -0.2) is 18.0 Å². The summed E-state index contributed by atoms with van der Waals surface area (Å²) >= 11 is 0. The van der Waals surface area contributed by atoms with E-state index in [4.69, 9.17) is 4.74 Å². The number of aliphatic hydroxyl groups excluding tert-OH is 1. The van der Waals surface area contributed by atoms with Crippen molar-refractivity contribution in [2.75, 3.05) is 6.61 Å². The minimum Gasteiger partial charge on any atom is -0.368 e. The van der Waals surface area contributed by atoms with Crippen LogP contribution in [0.3, 0.4) is 0 Å². The fourth-order valence-corrected chi connectivity index (χ4v) is 1.07. The highest BCUT2D eigenvalue weighted by molar-refractivity contribution is 4.74. The lowest BCUT2D eigenvalue weighted by atomic mass is 9.85. The molecule has 1 rings (SSSR count). The molecule has 0 aliphatic carbocycles. The highest BCUT2D eigenvalue weighted by Gasteiger charge is 2.31. The van der Waals surface area contributed by atoms with E-state index in [2.05, 4.69) is 0 Å². The molecule has 9 heavy (non-hydrogen) atoms. The van der Waals surface area contributed by atoms with E-state index in [-0.39, 0.29) is 5.41 Å². The Kier molecular flexibility index (Phi) is 1.78. The zero-order valence-electron chi connectivity index (χ0n) is 6.05. The van der Waals surface area contributed by atoms with Crippen LogP contribution in [0.15, 0.2) is 0 Å². The first-order valence-corrected chi connectivity index (χ1v) is 3.42. The van der Waals surface area contributed by atoms with Gasteiger partial charge in [0.2, 0.25) is 0 Å². The minimum atomic E-state index is -0.550. The Labute approximate surface area is 55.8 Å². The quantitative estimate of drug-likeness (QED) is 0.533. The van der Waals surface area contributed by atoms with Gasteiger partial charge in [0.15, 0.2) is 6.29 Å². The third kappa shape index (κ3) is 1.43. The summed E-state index contributed by atoms with van der Waals surface area (Å²) in [6.45, 7) is 4.76. The van der Waals surface area contributed by atoms with Crippen molar-refractivity contribution in [2.24, 2.45) is 5.41 Å². The molecule has 0 aromatic heterocycles. The van der Waals surface area contributed by atoms with Crippen LogP contribution in [0.2, 0.25) is 0 Å². The zero-order valence-corrected chi connectivity index (χ0v) is 6.05. The Morgan fingerprint density at radius 1 is 1.56 bits per heavy atom. The van der Waals surface area contributed by atoms with Gasteiger partial charge in [0.25, 0.3) is 0 Å². The molecule has 1 aliphatic heterocycles. The molecule has 1 atom stereocenters. The summed E-state index contributed by atoms with van der Waals surface area (Å²) in [7, 11) is 0. The lowest BCUT2D eigenvalue weighted by Crippen LogP contribution is -2.36. The SMILES string of the molecule is CC1(C)CCCOC1O. The van der Waals surface area contributed by atoms with Crippen LogP contribution in [0.25, 0.3) is 0 Å². The summed E-state index contributed by atoms with van der Waals surface area (Å²) in [5.74, 6) is 0. The van der Waals surface area contributed by atoms with Gasteiger partial charge in [-0.25, -0.2) is 0 Å². The van der Waals surface area contributed by atoms with Crippen molar-refractivity contribution in [2.45, 2.75) is 33.0 Å². The van der Waals surface area contributed by atoms with Gasteiger partial charge in [-0.15, -0.1) is 0 Å². The molecule has 1 fully saturated rings. The van der Waals surface area contributed by atoms with Crippen LogP contribution in [0.1, 0.15) is 26.7 Å². The van der Waals surface area contributed by atoms with Crippen molar-refractivity contribution < 1.29 is 9.84 Å². The van der Waals surface area contributed by atoms with E-state index in [9.17, 15) is 5.11 Å². The molecule has 1 N–H and O–H groups in total. The van der Waals surface area contributed by atoms with Crippen molar-refractivity contribution in [3.8, 4) is 0 Å². The van der Waals surface area contributed by atoms with E-state index in [1.807, 2.05) is 13.8 Å². The highest BCUT2D eigenvalue weighted by Crippen LogP contribution is 2.31. The molecule has 1 aliphatic rings. The molecule has 2 nitrogen and oxygen atoms in total. The molecule has 1 heterocycles. The summed E-state index contributed by atoms with van der Waals surface area (Å²) in [6, 6.07) is 0. The third-order valence-corrected chi connectivity index (χ3v) is 1.91. The number of aliphatic hydroxyl groups is 1. The standard InChI is InChI=1S/C7H14O2/c1-7(2)4-3-5-9-6(7)8/h6,8H,3-5H2,1-2H3. The van der Waals surface area contributed by atoms with Crippen LogP contribution in [0, 0.1) is 5.41 Å². The number of ether oxygens (including phenoxy) is 1.